The summed E-state index contributed by atoms with van der Waals surface area (Å²) in [5.41, 5.74) is -4.03. The van der Waals surface area contributed by atoms with Gasteiger partial charge in [0.25, 0.3) is 11.5 Å². The van der Waals surface area contributed by atoms with Gasteiger partial charge in [-0.05, 0) is 32.8 Å². The molecule has 8 nitrogen and oxygen atoms in total. The van der Waals surface area contributed by atoms with Crippen molar-refractivity contribution in [2.24, 2.45) is 14.1 Å². The number of nitrogens with zero attached hydrogens (tertiary/aromatic N) is 4. The van der Waals surface area contributed by atoms with Crippen molar-refractivity contribution in [2.45, 2.75) is 44.4 Å². The molecule has 170 valence electrons. The standard InChI is InChI=1S/C20H25F3N4O4/c1-19(2,31-5)17(29)27-8-6-11(7-9-27)13-10-12(20(21,22)23)14-15(24-13)25(3)18(30)26(4)16(14)28/h10-11H,6-9H2,1-5H3. The molecule has 0 bridgehead atoms. The highest BCUT2D eigenvalue weighted by atomic mass is 19.4. The van der Waals surface area contributed by atoms with E-state index in [1.807, 2.05) is 0 Å². The fraction of sp³-hybridized carbons (Fsp3) is 0.600. The van der Waals surface area contributed by atoms with Crippen LogP contribution in [0.2, 0.25) is 0 Å². The normalized spacial score (nSPS) is 16.2. The summed E-state index contributed by atoms with van der Waals surface area (Å²) in [5.74, 6) is -0.541. The zero-order valence-corrected chi connectivity index (χ0v) is 18.0. The minimum Gasteiger partial charge on any atom is -0.369 e. The van der Waals surface area contributed by atoms with Gasteiger partial charge < -0.3 is 9.64 Å². The topological polar surface area (TPSA) is 86.4 Å². The number of rotatable bonds is 3. The number of hydrogen-bond donors (Lipinski definition) is 0. The minimum absolute atomic E-state index is 0.154. The van der Waals surface area contributed by atoms with Gasteiger partial charge in [0.15, 0.2) is 0 Å². The van der Waals surface area contributed by atoms with Crippen LogP contribution in [0, 0.1) is 0 Å². The monoisotopic (exact) mass is 442 g/mol. The number of hydrogen-bond acceptors (Lipinski definition) is 5. The maximum Gasteiger partial charge on any atom is 0.417 e. The van der Waals surface area contributed by atoms with E-state index in [-0.39, 0.29) is 23.2 Å². The van der Waals surface area contributed by atoms with Gasteiger partial charge in [-0.2, -0.15) is 13.2 Å². The molecule has 0 unspecified atom stereocenters. The number of carbonyl (C=O) groups is 1. The molecule has 1 fully saturated rings. The second-order valence-electron chi connectivity index (χ2n) is 8.28. The molecule has 1 aliphatic rings. The Hall–Kier alpha value is -2.69. The van der Waals surface area contributed by atoms with Gasteiger partial charge in [-0.1, -0.05) is 0 Å². The van der Waals surface area contributed by atoms with Crippen molar-refractivity contribution in [3.63, 3.8) is 0 Å². The molecule has 1 amide bonds. The third kappa shape index (κ3) is 3.98. The first-order valence-corrected chi connectivity index (χ1v) is 9.82. The molecule has 0 aliphatic carbocycles. The van der Waals surface area contributed by atoms with Crippen molar-refractivity contribution < 1.29 is 22.7 Å². The Morgan fingerprint density at radius 2 is 1.71 bits per heavy atom. The Labute approximate surface area is 176 Å². The summed E-state index contributed by atoms with van der Waals surface area (Å²) in [7, 11) is 3.86. The first kappa shape index (κ1) is 23.0. The minimum atomic E-state index is -4.79. The molecule has 0 aromatic carbocycles. The fourth-order valence-electron chi connectivity index (χ4n) is 3.85. The van der Waals surface area contributed by atoms with Gasteiger partial charge in [0.1, 0.15) is 11.2 Å². The number of aryl methyl sites for hydroxylation is 1. The zero-order valence-electron chi connectivity index (χ0n) is 18.0. The number of likely N-dealkylation sites (tertiary alicyclic amines) is 1. The average molecular weight is 442 g/mol. The van der Waals surface area contributed by atoms with E-state index in [2.05, 4.69) is 4.98 Å². The highest BCUT2D eigenvalue weighted by Gasteiger charge is 2.38. The number of methoxy groups -OCH3 is 1. The molecule has 11 heteroatoms. The molecule has 1 saturated heterocycles. The summed E-state index contributed by atoms with van der Waals surface area (Å²) in [4.78, 5) is 43.2. The van der Waals surface area contributed by atoms with E-state index in [9.17, 15) is 27.6 Å². The van der Waals surface area contributed by atoms with Crippen LogP contribution in [0.15, 0.2) is 15.7 Å². The molecule has 0 spiro atoms. The lowest BCUT2D eigenvalue weighted by Gasteiger charge is -2.36. The van der Waals surface area contributed by atoms with Crippen molar-refractivity contribution >= 4 is 16.9 Å². The lowest BCUT2D eigenvalue weighted by atomic mass is 9.91. The lowest BCUT2D eigenvalue weighted by molar-refractivity contribution is -0.152. The van der Waals surface area contributed by atoms with Crippen LogP contribution in [0.3, 0.4) is 0 Å². The predicted octanol–water partition coefficient (Wildman–Crippen LogP) is 1.78. The summed E-state index contributed by atoms with van der Waals surface area (Å²) in [6.45, 7) is 3.99. The molecule has 2 aromatic heterocycles. The van der Waals surface area contributed by atoms with Gasteiger partial charge in [0.2, 0.25) is 0 Å². The van der Waals surface area contributed by atoms with E-state index < -0.39 is 34.0 Å². The van der Waals surface area contributed by atoms with Crippen LogP contribution in [0.4, 0.5) is 13.2 Å². The molecule has 3 rings (SSSR count). The molecule has 0 atom stereocenters. The van der Waals surface area contributed by atoms with E-state index in [4.69, 9.17) is 4.74 Å². The molecular weight excluding hydrogens is 417 g/mol. The van der Waals surface area contributed by atoms with Crippen molar-refractivity contribution in [2.75, 3.05) is 20.2 Å². The van der Waals surface area contributed by atoms with Crippen molar-refractivity contribution in [1.82, 2.24) is 19.0 Å². The Kier molecular flexibility index (Phi) is 5.76. The molecule has 31 heavy (non-hydrogen) atoms. The van der Waals surface area contributed by atoms with Crippen molar-refractivity contribution in [3.8, 4) is 0 Å². The largest absolute Gasteiger partial charge is 0.417 e. The zero-order chi connectivity index (χ0) is 23.3. The second-order valence-corrected chi connectivity index (χ2v) is 8.28. The average Bonchev–Trinajstić information content (AvgIpc) is 2.74. The van der Waals surface area contributed by atoms with Crippen LogP contribution in [-0.4, -0.2) is 50.7 Å². The number of ether oxygens (including phenoxy) is 1. The Bertz CT molecular complexity index is 1140. The maximum absolute atomic E-state index is 13.8. The van der Waals surface area contributed by atoms with Crippen molar-refractivity contribution in [1.29, 1.82) is 0 Å². The van der Waals surface area contributed by atoms with E-state index >= 15 is 0 Å². The van der Waals surface area contributed by atoms with E-state index in [1.165, 1.54) is 14.2 Å². The predicted molar refractivity (Wildman–Crippen MR) is 107 cm³/mol. The molecule has 0 radical (unpaired) electrons. The highest BCUT2D eigenvalue weighted by Crippen LogP contribution is 2.36. The Balaban J connectivity index is 2.04. The SMILES string of the molecule is COC(C)(C)C(=O)N1CCC(c2cc(C(F)(F)F)c3c(=O)n(C)c(=O)n(C)c3n2)CC1. The number of halogens is 3. The molecule has 2 aromatic rings. The van der Waals surface area contributed by atoms with Crippen LogP contribution in [0.25, 0.3) is 11.0 Å². The van der Waals surface area contributed by atoms with E-state index in [0.29, 0.717) is 30.5 Å². The number of amides is 1. The van der Waals surface area contributed by atoms with Gasteiger partial charge in [-0.25, -0.2) is 9.78 Å². The molecule has 1 aliphatic heterocycles. The lowest BCUT2D eigenvalue weighted by Crippen LogP contribution is -2.49. The van der Waals surface area contributed by atoms with E-state index in [0.717, 1.165) is 17.7 Å². The third-order valence-corrected chi connectivity index (χ3v) is 5.96. The summed E-state index contributed by atoms with van der Waals surface area (Å²) >= 11 is 0. The Morgan fingerprint density at radius 3 is 2.23 bits per heavy atom. The highest BCUT2D eigenvalue weighted by molar-refractivity contribution is 5.84. The fourth-order valence-corrected chi connectivity index (χ4v) is 3.85. The van der Waals surface area contributed by atoms with Gasteiger partial charge in [-0.3, -0.25) is 18.7 Å². The number of alkyl halides is 3. The van der Waals surface area contributed by atoms with Crippen LogP contribution in [0.5, 0.6) is 0 Å². The summed E-state index contributed by atoms with van der Waals surface area (Å²) in [6, 6.07) is 0.898. The number of piperidine rings is 1. The number of aromatic nitrogens is 3. The molecule has 3 heterocycles. The number of fused-ring (bicyclic) bond motifs is 1. The maximum atomic E-state index is 13.8. The first-order valence-electron chi connectivity index (χ1n) is 9.82. The van der Waals surface area contributed by atoms with Gasteiger partial charge >= 0.3 is 11.9 Å². The van der Waals surface area contributed by atoms with E-state index in [1.54, 1.807) is 18.7 Å². The summed E-state index contributed by atoms with van der Waals surface area (Å²) in [5, 5.41) is -0.629. The summed E-state index contributed by atoms with van der Waals surface area (Å²) in [6.07, 6.45) is -3.99. The van der Waals surface area contributed by atoms with Crippen molar-refractivity contribution in [3.05, 3.63) is 38.2 Å². The third-order valence-electron chi connectivity index (χ3n) is 5.96. The first-order chi connectivity index (χ1) is 14.3. The van der Waals surface area contributed by atoms with Gasteiger partial charge in [0.05, 0.1) is 10.9 Å². The molecule has 0 saturated carbocycles. The van der Waals surface area contributed by atoms with Crippen LogP contribution < -0.4 is 11.2 Å². The van der Waals surface area contributed by atoms with Crippen LogP contribution >= 0.6 is 0 Å². The van der Waals surface area contributed by atoms with Crippen LogP contribution in [-0.2, 0) is 29.8 Å². The second kappa shape index (κ2) is 7.77. The Morgan fingerprint density at radius 1 is 1.13 bits per heavy atom. The molecular formula is C20H25F3N4O4. The number of carbonyl (C=O) groups excluding carboxylic acids is 1. The smallest absolute Gasteiger partial charge is 0.369 e. The van der Waals surface area contributed by atoms with Crippen LogP contribution in [0.1, 0.15) is 43.9 Å². The quantitative estimate of drug-likeness (QED) is 0.724. The van der Waals surface area contributed by atoms with Gasteiger partial charge in [-0.15, -0.1) is 0 Å². The summed E-state index contributed by atoms with van der Waals surface area (Å²) < 4.78 is 48.3. The molecule has 0 N–H and O–H groups in total. The van der Waals surface area contributed by atoms with Gasteiger partial charge in [0, 0.05) is 45.9 Å². The number of pyridine rings is 1.